The first kappa shape index (κ1) is 10.9. The van der Waals surface area contributed by atoms with Crippen LogP contribution < -0.4 is 0 Å². The number of aromatic nitrogens is 1. The van der Waals surface area contributed by atoms with Crippen LogP contribution in [0.15, 0.2) is 66.9 Å². The molecule has 2 heteroatoms. The Kier molecular flexibility index (Phi) is 2.79. The molecule has 1 N–H and O–H groups in total. The van der Waals surface area contributed by atoms with Crippen LogP contribution in [0.5, 0.6) is 0 Å². The average molecular weight is 235 g/mol. The highest BCUT2D eigenvalue weighted by Gasteiger charge is 2.10. The highest BCUT2D eigenvalue weighted by atomic mass is 16.3. The SMILES string of the molecule is O[C@H](c1ccccc1)c1cnc2ccccc2c1. The lowest BCUT2D eigenvalue weighted by Gasteiger charge is -2.11. The number of para-hydroxylation sites is 1. The number of aliphatic hydroxyl groups excluding tert-OH is 1. The Labute approximate surface area is 106 Å². The summed E-state index contributed by atoms with van der Waals surface area (Å²) in [6, 6.07) is 19.5. The lowest BCUT2D eigenvalue weighted by atomic mass is 10.0. The van der Waals surface area contributed by atoms with Gasteiger partial charge < -0.3 is 5.11 Å². The zero-order valence-electron chi connectivity index (χ0n) is 9.82. The van der Waals surface area contributed by atoms with Gasteiger partial charge in [0.05, 0.1) is 5.52 Å². The van der Waals surface area contributed by atoms with Crippen molar-refractivity contribution in [2.45, 2.75) is 6.10 Å². The van der Waals surface area contributed by atoms with E-state index in [1.54, 1.807) is 6.20 Å². The van der Waals surface area contributed by atoms with Gasteiger partial charge in [0.1, 0.15) is 6.10 Å². The lowest BCUT2D eigenvalue weighted by Crippen LogP contribution is -2.00. The molecule has 2 nitrogen and oxygen atoms in total. The lowest BCUT2D eigenvalue weighted by molar-refractivity contribution is 0.220. The smallest absolute Gasteiger partial charge is 0.106 e. The van der Waals surface area contributed by atoms with Crippen LogP contribution in [0.3, 0.4) is 0 Å². The minimum absolute atomic E-state index is 0.622. The number of pyridine rings is 1. The van der Waals surface area contributed by atoms with E-state index in [2.05, 4.69) is 4.98 Å². The predicted molar refractivity (Wildman–Crippen MR) is 72.2 cm³/mol. The molecule has 0 radical (unpaired) electrons. The molecule has 0 saturated carbocycles. The van der Waals surface area contributed by atoms with Crippen LogP contribution >= 0.6 is 0 Å². The van der Waals surface area contributed by atoms with E-state index in [1.165, 1.54) is 0 Å². The van der Waals surface area contributed by atoms with Gasteiger partial charge in [-0.05, 0) is 17.7 Å². The summed E-state index contributed by atoms with van der Waals surface area (Å²) >= 11 is 0. The molecule has 0 amide bonds. The summed E-state index contributed by atoms with van der Waals surface area (Å²) in [6.07, 6.45) is 1.11. The molecule has 1 atom stereocenters. The zero-order valence-corrected chi connectivity index (χ0v) is 9.82. The Balaban J connectivity index is 2.04. The monoisotopic (exact) mass is 235 g/mol. The van der Waals surface area contributed by atoms with E-state index in [0.717, 1.165) is 22.0 Å². The zero-order chi connectivity index (χ0) is 12.4. The quantitative estimate of drug-likeness (QED) is 0.739. The van der Waals surface area contributed by atoms with Gasteiger partial charge in [-0.25, -0.2) is 0 Å². The van der Waals surface area contributed by atoms with Crippen LogP contribution in [0.25, 0.3) is 10.9 Å². The van der Waals surface area contributed by atoms with Crippen molar-refractivity contribution in [1.29, 1.82) is 0 Å². The highest BCUT2D eigenvalue weighted by molar-refractivity contribution is 5.78. The van der Waals surface area contributed by atoms with E-state index in [-0.39, 0.29) is 0 Å². The Morgan fingerprint density at radius 3 is 2.39 bits per heavy atom. The molecular weight excluding hydrogens is 222 g/mol. The molecule has 3 aromatic rings. The summed E-state index contributed by atoms with van der Waals surface area (Å²) in [5, 5.41) is 11.4. The van der Waals surface area contributed by atoms with E-state index in [4.69, 9.17) is 0 Å². The Hall–Kier alpha value is -2.19. The highest BCUT2D eigenvalue weighted by Crippen LogP contribution is 2.23. The summed E-state index contributed by atoms with van der Waals surface area (Å²) in [5.74, 6) is 0. The summed E-state index contributed by atoms with van der Waals surface area (Å²) in [7, 11) is 0. The third kappa shape index (κ3) is 1.98. The van der Waals surface area contributed by atoms with Crippen molar-refractivity contribution in [1.82, 2.24) is 4.98 Å². The Morgan fingerprint density at radius 1 is 0.833 bits per heavy atom. The fourth-order valence-electron chi connectivity index (χ4n) is 2.07. The average Bonchev–Trinajstić information content (AvgIpc) is 2.47. The molecular formula is C16H13NO. The maximum absolute atomic E-state index is 10.3. The van der Waals surface area contributed by atoms with Gasteiger partial charge in [-0.1, -0.05) is 48.5 Å². The number of rotatable bonds is 2. The van der Waals surface area contributed by atoms with Crippen molar-refractivity contribution in [3.63, 3.8) is 0 Å². The third-order valence-corrected chi connectivity index (χ3v) is 3.04. The predicted octanol–water partition coefficient (Wildman–Crippen LogP) is 3.32. The number of hydrogen-bond donors (Lipinski definition) is 1. The molecule has 0 aliphatic heterocycles. The van der Waals surface area contributed by atoms with Crippen molar-refractivity contribution in [3.05, 3.63) is 78.0 Å². The fraction of sp³-hybridized carbons (Fsp3) is 0.0625. The number of benzene rings is 2. The molecule has 3 rings (SSSR count). The largest absolute Gasteiger partial charge is 0.384 e. The molecule has 0 aliphatic carbocycles. The first-order valence-corrected chi connectivity index (χ1v) is 5.92. The van der Waals surface area contributed by atoms with Gasteiger partial charge in [-0.2, -0.15) is 0 Å². The first-order chi connectivity index (χ1) is 8.84. The van der Waals surface area contributed by atoms with Crippen LogP contribution in [-0.2, 0) is 0 Å². The van der Waals surface area contributed by atoms with Crippen LogP contribution in [0.4, 0.5) is 0 Å². The fourth-order valence-corrected chi connectivity index (χ4v) is 2.07. The van der Waals surface area contributed by atoms with E-state index < -0.39 is 6.10 Å². The van der Waals surface area contributed by atoms with E-state index in [0.29, 0.717) is 0 Å². The Bertz CT molecular complexity index is 664. The molecule has 0 aliphatic rings. The standard InChI is InChI=1S/C16H13NO/c18-16(12-6-2-1-3-7-12)14-10-13-8-4-5-9-15(13)17-11-14/h1-11,16,18H/t16-/m1/s1. The van der Waals surface area contributed by atoms with Crippen molar-refractivity contribution in [3.8, 4) is 0 Å². The van der Waals surface area contributed by atoms with Gasteiger partial charge >= 0.3 is 0 Å². The van der Waals surface area contributed by atoms with Gasteiger partial charge in [0.2, 0.25) is 0 Å². The van der Waals surface area contributed by atoms with Gasteiger partial charge in [0, 0.05) is 17.1 Å². The second kappa shape index (κ2) is 4.59. The molecule has 0 saturated heterocycles. The van der Waals surface area contributed by atoms with Gasteiger partial charge in [0.15, 0.2) is 0 Å². The molecule has 1 aromatic heterocycles. The Morgan fingerprint density at radius 2 is 1.56 bits per heavy atom. The van der Waals surface area contributed by atoms with Crippen LogP contribution in [0, 0.1) is 0 Å². The van der Waals surface area contributed by atoms with Crippen LogP contribution in [0.2, 0.25) is 0 Å². The van der Waals surface area contributed by atoms with E-state index in [9.17, 15) is 5.11 Å². The topological polar surface area (TPSA) is 33.1 Å². The van der Waals surface area contributed by atoms with Crippen molar-refractivity contribution >= 4 is 10.9 Å². The second-order valence-electron chi connectivity index (χ2n) is 4.27. The number of aliphatic hydroxyl groups is 1. The number of fused-ring (bicyclic) bond motifs is 1. The van der Waals surface area contributed by atoms with Crippen LogP contribution in [0.1, 0.15) is 17.2 Å². The minimum Gasteiger partial charge on any atom is -0.384 e. The van der Waals surface area contributed by atoms with Gasteiger partial charge in [-0.15, -0.1) is 0 Å². The van der Waals surface area contributed by atoms with Crippen LogP contribution in [-0.4, -0.2) is 10.1 Å². The summed E-state index contributed by atoms with van der Waals surface area (Å²) in [4.78, 5) is 4.37. The van der Waals surface area contributed by atoms with E-state index >= 15 is 0 Å². The van der Waals surface area contributed by atoms with Crippen molar-refractivity contribution in [2.75, 3.05) is 0 Å². The summed E-state index contributed by atoms with van der Waals surface area (Å²) in [6.45, 7) is 0. The number of nitrogens with zero attached hydrogens (tertiary/aromatic N) is 1. The van der Waals surface area contributed by atoms with Crippen molar-refractivity contribution < 1.29 is 5.11 Å². The first-order valence-electron chi connectivity index (χ1n) is 5.92. The molecule has 18 heavy (non-hydrogen) atoms. The summed E-state index contributed by atoms with van der Waals surface area (Å²) < 4.78 is 0. The maximum atomic E-state index is 10.3. The normalized spacial score (nSPS) is 12.5. The molecule has 0 unspecified atom stereocenters. The number of hydrogen-bond acceptors (Lipinski definition) is 2. The molecule has 2 aromatic carbocycles. The van der Waals surface area contributed by atoms with Gasteiger partial charge in [-0.3, -0.25) is 4.98 Å². The van der Waals surface area contributed by atoms with Gasteiger partial charge in [0.25, 0.3) is 0 Å². The molecule has 0 bridgehead atoms. The molecule has 0 fully saturated rings. The van der Waals surface area contributed by atoms with Crippen molar-refractivity contribution in [2.24, 2.45) is 0 Å². The maximum Gasteiger partial charge on any atom is 0.106 e. The minimum atomic E-state index is -0.622. The molecule has 0 spiro atoms. The molecule has 1 heterocycles. The van der Waals surface area contributed by atoms with E-state index in [1.807, 2.05) is 60.7 Å². The summed E-state index contributed by atoms with van der Waals surface area (Å²) in [5.41, 5.74) is 2.65. The third-order valence-electron chi connectivity index (χ3n) is 3.04. The molecule has 88 valence electrons. The second-order valence-corrected chi connectivity index (χ2v) is 4.27.